The fourth-order valence-electron chi connectivity index (χ4n) is 1.78. The number of nitrogens with two attached hydrogens (primary N) is 1. The van der Waals surface area contributed by atoms with Gasteiger partial charge in [0.2, 0.25) is 0 Å². The summed E-state index contributed by atoms with van der Waals surface area (Å²) in [5, 5.41) is 11.6. The van der Waals surface area contributed by atoms with Gasteiger partial charge >= 0.3 is 0 Å². The zero-order valence-electron chi connectivity index (χ0n) is 11.3. The van der Waals surface area contributed by atoms with Crippen LogP contribution >= 0.6 is 0 Å². The van der Waals surface area contributed by atoms with Gasteiger partial charge in [-0.1, -0.05) is 24.2 Å². The fourth-order valence-corrected chi connectivity index (χ4v) is 1.78. The maximum Gasteiger partial charge on any atom is 0.188 e. The second-order valence-electron chi connectivity index (χ2n) is 4.32. The molecule has 1 aromatic heterocycles. The summed E-state index contributed by atoms with van der Waals surface area (Å²) in [7, 11) is 0. The predicted octanol–water partition coefficient (Wildman–Crippen LogP) is 2.32. The quantitative estimate of drug-likeness (QED) is 0.378. The van der Waals surface area contributed by atoms with Crippen LogP contribution in [0.15, 0.2) is 47.8 Å². The normalized spacial score (nSPS) is 11.3. The summed E-state index contributed by atoms with van der Waals surface area (Å²) in [6.07, 6.45) is 2.58. The molecule has 0 radical (unpaired) electrons. The summed E-state index contributed by atoms with van der Waals surface area (Å²) in [6.45, 7) is 2.51. The molecular weight excluding hydrogens is 254 g/mol. The van der Waals surface area contributed by atoms with E-state index in [-0.39, 0.29) is 5.84 Å². The molecule has 0 atom stereocenters. The van der Waals surface area contributed by atoms with E-state index >= 15 is 0 Å². The van der Waals surface area contributed by atoms with Crippen molar-refractivity contribution in [2.75, 3.05) is 0 Å². The summed E-state index contributed by atoms with van der Waals surface area (Å²) < 4.78 is 5.73. The van der Waals surface area contributed by atoms with Crippen molar-refractivity contribution >= 4 is 5.84 Å². The van der Waals surface area contributed by atoms with Crippen molar-refractivity contribution in [1.29, 1.82) is 0 Å². The summed E-state index contributed by atoms with van der Waals surface area (Å²) >= 11 is 0. The van der Waals surface area contributed by atoms with Crippen molar-refractivity contribution in [3.63, 3.8) is 0 Å². The predicted molar refractivity (Wildman–Crippen MR) is 76.9 cm³/mol. The van der Waals surface area contributed by atoms with Crippen molar-refractivity contribution < 1.29 is 9.94 Å². The third kappa shape index (κ3) is 3.47. The van der Waals surface area contributed by atoms with Gasteiger partial charge in [-0.3, -0.25) is 4.98 Å². The number of hydrogen-bond acceptors (Lipinski definition) is 4. The van der Waals surface area contributed by atoms with Gasteiger partial charge in [-0.15, -0.1) is 0 Å². The Morgan fingerprint density at radius 1 is 1.30 bits per heavy atom. The highest BCUT2D eigenvalue weighted by Crippen LogP contribution is 2.15. The monoisotopic (exact) mass is 271 g/mol. The number of benzene rings is 1. The first-order valence-electron chi connectivity index (χ1n) is 6.37. The number of amidine groups is 1. The lowest BCUT2D eigenvalue weighted by Gasteiger charge is -2.08. The van der Waals surface area contributed by atoms with Crippen molar-refractivity contribution in [1.82, 2.24) is 4.98 Å². The largest absolute Gasteiger partial charge is 0.489 e. The van der Waals surface area contributed by atoms with Crippen LogP contribution in [-0.4, -0.2) is 16.0 Å². The van der Waals surface area contributed by atoms with E-state index in [1.165, 1.54) is 5.56 Å². The van der Waals surface area contributed by atoms with E-state index in [1.54, 1.807) is 12.3 Å². The fraction of sp³-hybridized carbons (Fsp3) is 0.200. The first kappa shape index (κ1) is 13.9. The lowest BCUT2D eigenvalue weighted by molar-refractivity contribution is 0.305. The first-order chi connectivity index (χ1) is 9.72. The minimum Gasteiger partial charge on any atom is -0.489 e. The third-order valence-electron chi connectivity index (χ3n) is 2.91. The van der Waals surface area contributed by atoms with Crippen molar-refractivity contribution in [2.45, 2.75) is 20.0 Å². The maximum atomic E-state index is 8.64. The van der Waals surface area contributed by atoms with E-state index < -0.39 is 0 Å². The van der Waals surface area contributed by atoms with Crippen LogP contribution in [0.25, 0.3) is 0 Å². The second kappa shape index (κ2) is 6.56. The molecule has 1 aromatic carbocycles. The van der Waals surface area contributed by atoms with Crippen molar-refractivity contribution in [3.8, 4) is 5.75 Å². The molecule has 0 aliphatic rings. The Hall–Kier alpha value is -2.56. The van der Waals surface area contributed by atoms with Crippen LogP contribution in [0.3, 0.4) is 0 Å². The second-order valence-corrected chi connectivity index (χ2v) is 4.32. The third-order valence-corrected chi connectivity index (χ3v) is 2.91. The highest BCUT2D eigenvalue weighted by atomic mass is 16.5. The summed E-state index contributed by atoms with van der Waals surface area (Å²) in [6, 6.07) is 11.5. The molecule has 0 unspecified atom stereocenters. The highest BCUT2D eigenvalue weighted by Gasteiger charge is 2.03. The number of aromatic nitrogens is 1. The molecule has 0 saturated heterocycles. The number of oxime groups is 1. The molecule has 104 valence electrons. The van der Waals surface area contributed by atoms with Gasteiger partial charge in [0.05, 0.1) is 0 Å². The molecule has 0 bridgehead atoms. The van der Waals surface area contributed by atoms with Gasteiger partial charge in [0.1, 0.15) is 18.1 Å². The zero-order chi connectivity index (χ0) is 14.4. The van der Waals surface area contributed by atoms with Crippen LogP contribution in [-0.2, 0) is 13.0 Å². The van der Waals surface area contributed by atoms with E-state index in [0.29, 0.717) is 12.3 Å². The molecule has 0 spiro atoms. The molecule has 20 heavy (non-hydrogen) atoms. The smallest absolute Gasteiger partial charge is 0.188 e. The van der Waals surface area contributed by atoms with Crippen LogP contribution in [0.1, 0.15) is 23.7 Å². The van der Waals surface area contributed by atoms with E-state index in [2.05, 4.69) is 23.1 Å². The Kier molecular flexibility index (Phi) is 4.55. The van der Waals surface area contributed by atoms with Gasteiger partial charge < -0.3 is 15.7 Å². The maximum absolute atomic E-state index is 8.64. The SMILES string of the molecule is CCc1cccc(OCc2ccnc(C(N)=NO)c2)c1. The molecule has 5 nitrogen and oxygen atoms in total. The Morgan fingerprint density at radius 2 is 2.15 bits per heavy atom. The van der Waals surface area contributed by atoms with Gasteiger partial charge in [-0.25, -0.2) is 0 Å². The van der Waals surface area contributed by atoms with Gasteiger partial charge in [0.25, 0.3) is 0 Å². The van der Waals surface area contributed by atoms with Crippen molar-refractivity contribution in [2.24, 2.45) is 10.9 Å². The summed E-state index contributed by atoms with van der Waals surface area (Å²) in [4.78, 5) is 4.02. The van der Waals surface area contributed by atoms with Gasteiger partial charge in [-0.05, 0) is 41.8 Å². The minimum absolute atomic E-state index is 0.0140. The molecule has 0 aliphatic carbocycles. The zero-order valence-corrected chi connectivity index (χ0v) is 11.3. The topological polar surface area (TPSA) is 80.7 Å². The number of pyridine rings is 1. The van der Waals surface area contributed by atoms with Gasteiger partial charge in [0, 0.05) is 6.20 Å². The summed E-state index contributed by atoms with van der Waals surface area (Å²) in [5.74, 6) is 0.811. The summed E-state index contributed by atoms with van der Waals surface area (Å²) in [5.41, 5.74) is 8.07. The van der Waals surface area contributed by atoms with Crippen LogP contribution in [0.4, 0.5) is 0 Å². The van der Waals surface area contributed by atoms with Crippen LogP contribution in [0, 0.1) is 0 Å². The molecule has 0 saturated carbocycles. The molecule has 5 heteroatoms. The molecule has 2 rings (SSSR count). The van der Waals surface area contributed by atoms with Crippen LogP contribution < -0.4 is 10.5 Å². The average molecular weight is 271 g/mol. The minimum atomic E-state index is -0.0140. The van der Waals surface area contributed by atoms with E-state index in [1.807, 2.05) is 24.3 Å². The Balaban J connectivity index is 2.07. The Labute approximate surface area is 117 Å². The van der Waals surface area contributed by atoms with E-state index in [4.69, 9.17) is 15.7 Å². The van der Waals surface area contributed by atoms with Crippen LogP contribution in [0.5, 0.6) is 5.75 Å². The molecule has 0 aliphatic heterocycles. The molecule has 3 N–H and O–H groups in total. The van der Waals surface area contributed by atoms with Gasteiger partial charge in [0.15, 0.2) is 5.84 Å². The van der Waals surface area contributed by atoms with Gasteiger partial charge in [-0.2, -0.15) is 0 Å². The molecule has 1 heterocycles. The Bertz CT molecular complexity index is 612. The highest BCUT2D eigenvalue weighted by molar-refractivity contribution is 5.95. The lowest BCUT2D eigenvalue weighted by Crippen LogP contribution is -2.15. The molecule has 0 fully saturated rings. The molecule has 2 aromatic rings. The van der Waals surface area contributed by atoms with Crippen molar-refractivity contribution in [3.05, 3.63) is 59.4 Å². The molecule has 0 amide bonds. The standard InChI is InChI=1S/C15H17N3O2/c1-2-11-4-3-5-13(8-11)20-10-12-6-7-17-14(9-12)15(16)18-19/h3-9,19H,2,10H2,1H3,(H2,16,18). The first-order valence-corrected chi connectivity index (χ1v) is 6.37. The van der Waals surface area contributed by atoms with E-state index in [9.17, 15) is 0 Å². The van der Waals surface area contributed by atoms with Crippen LogP contribution in [0.2, 0.25) is 0 Å². The number of nitrogens with zero attached hydrogens (tertiary/aromatic N) is 2. The van der Waals surface area contributed by atoms with E-state index in [0.717, 1.165) is 17.7 Å². The average Bonchev–Trinajstić information content (AvgIpc) is 2.52. The lowest BCUT2D eigenvalue weighted by atomic mass is 10.2. The Morgan fingerprint density at radius 3 is 2.90 bits per heavy atom. The number of aryl methyl sites for hydroxylation is 1. The molecular formula is C15H17N3O2. The number of ether oxygens (including phenoxy) is 1. The number of hydrogen-bond donors (Lipinski definition) is 2. The number of rotatable bonds is 5.